The third-order valence-corrected chi connectivity index (χ3v) is 4.87. The summed E-state index contributed by atoms with van der Waals surface area (Å²) in [5.74, 6) is 5.55. The lowest BCUT2D eigenvalue weighted by Crippen LogP contribution is -2.34. The van der Waals surface area contributed by atoms with Crippen LogP contribution in [0.5, 0.6) is 0 Å². The number of sulfonamides is 1. The molecule has 0 aliphatic carbocycles. The first kappa shape index (κ1) is 15.9. The molecule has 1 rings (SSSR count). The summed E-state index contributed by atoms with van der Waals surface area (Å²) in [6.07, 6.45) is 0. The molecular weight excluding hydrogens is 262 g/mol. The van der Waals surface area contributed by atoms with Gasteiger partial charge in [-0.05, 0) is 23.5 Å². The molecule has 0 saturated carbocycles. The maximum Gasteiger partial charge on any atom is 0.242 e. The molecule has 108 valence electrons. The molecule has 0 heterocycles. The van der Waals surface area contributed by atoms with Gasteiger partial charge in [-0.2, -0.15) is 0 Å². The SMILES string of the molecule is CC(CNS(=O)(=O)c1ccccc1NN)C(C)(C)C. The minimum atomic E-state index is -3.55. The molecule has 0 fully saturated rings. The van der Waals surface area contributed by atoms with Crippen molar-refractivity contribution in [2.45, 2.75) is 32.6 Å². The molecule has 1 aromatic carbocycles. The van der Waals surface area contributed by atoms with Gasteiger partial charge < -0.3 is 5.43 Å². The summed E-state index contributed by atoms with van der Waals surface area (Å²) < 4.78 is 27.1. The van der Waals surface area contributed by atoms with E-state index in [9.17, 15) is 8.42 Å². The Morgan fingerprint density at radius 1 is 1.26 bits per heavy atom. The molecule has 0 bridgehead atoms. The molecule has 0 aliphatic heterocycles. The number of anilines is 1. The molecule has 0 aliphatic rings. The Hall–Kier alpha value is -1.11. The first-order valence-corrected chi connectivity index (χ1v) is 7.72. The highest BCUT2D eigenvalue weighted by Crippen LogP contribution is 2.25. The quantitative estimate of drug-likeness (QED) is 0.570. The average molecular weight is 285 g/mol. The van der Waals surface area contributed by atoms with E-state index in [1.807, 2.05) is 6.92 Å². The summed E-state index contributed by atoms with van der Waals surface area (Å²) in [6, 6.07) is 6.55. The zero-order valence-electron chi connectivity index (χ0n) is 11.9. The second-order valence-electron chi connectivity index (χ2n) is 5.76. The van der Waals surface area contributed by atoms with Crippen LogP contribution in [0.3, 0.4) is 0 Å². The van der Waals surface area contributed by atoms with Gasteiger partial charge in [0, 0.05) is 6.54 Å². The van der Waals surface area contributed by atoms with Gasteiger partial charge in [0.15, 0.2) is 0 Å². The molecule has 5 nitrogen and oxygen atoms in total. The summed E-state index contributed by atoms with van der Waals surface area (Å²) in [5, 5.41) is 0. The van der Waals surface area contributed by atoms with E-state index < -0.39 is 10.0 Å². The molecule has 1 unspecified atom stereocenters. The topological polar surface area (TPSA) is 84.2 Å². The molecule has 1 atom stereocenters. The maximum absolute atomic E-state index is 12.2. The zero-order chi connectivity index (χ0) is 14.7. The molecule has 6 heteroatoms. The van der Waals surface area contributed by atoms with Gasteiger partial charge in [-0.25, -0.2) is 13.1 Å². The fraction of sp³-hybridized carbons (Fsp3) is 0.538. The number of benzene rings is 1. The lowest BCUT2D eigenvalue weighted by atomic mass is 9.82. The van der Waals surface area contributed by atoms with Crippen LogP contribution in [0.25, 0.3) is 0 Å². The predicted molar refractivity (Wildman–Crippen MR) is 78.1 cm³/mol. The summed E-state index contributed by atoms with van der Waals surface area (Å²) in [7, 11) is -3.55. The van der Waals surface area contributed by atoms with Crippen LogP contribution >= 0.6 is 0 Å². The van der Waals surface area contributed by atoms with Crippen LogP contribution in [0.4, 0.5) is 5.69 Å². The number of para-hydroxylation sites is 1. The van der Waals surface area contributed by atoms with Crippen LogP contribution in [0, 0.1) is 11.3 Å². The third-order valence-electron chi connectivity index (χ3n) is 3.39. The van der Waals surface area contributed by atoms with Crippen LogP contribution < -0.4 is 16.0 Å². The second kappa shape index (κ2) is 5.90. The monoisotopic (exact) mass is 285 g/mol. The van der Waals surface area contributed by atoms with Gasteiger partial charge >= 0.3 is 0 Å². The van der Waals surface area contributed by atoms with Gasteiger partial charge in [-0.15, -0.1) is 0 Å². The summed E-state index contributed by atoms with van der Waals surface area (Å²) in [5.41, 5.74) is 2.84. The number of nitrogens with one attached hydrogen (secondary N) is 2. The minimum absolute atomic E-state index is 0.0498. The smallest absolute Gasteiger partial charge is 0.242 e. The summed E-state index contributed by atoms with van der Waals surface area (Å²) in [4.78, 5) is 0.165. The van der Waals surface area contributed by atoms with Crippen molar-refractivity contribution < 1.29 is 8.42 Å². The molecule has 0 amide bonds. The lowest BCUT2D eigenvalue weighted by molar-refractivity contribution is 0.263. The highest BCUT2D eigenvalue weighted by atomic mass is 32.2. The van der Waals surface area contributed by atoms with Crippen LogP contribution in [0.2, 0.25) is 0 Å². The minimum Gasteiger partial charge on any atom is -0.323 e. The van der Waals surface area contributed by atoms with Crippen molar-refractivity contribution in [1.82, 2.24) is 4.72 Å². The van der Waals surface area contributed by atoms with Crippen molar-refractivity contribution in [3.05, 3.63) is 24.3 Å². The largest absolute Gasteiger partial charge is 0.323 e. The van der Waals surface area contributed by atoms with Gasteiger partial charge in [0.2, 0.25) is 10.0 Å². The van der Waals surface area contributed by atoms with Crippen molar-refractivity contribution in [2.24, 2.45) is 17.2 Å². The summed E-state index contributed by atoms with van der Waals surface area (Å²) in [6.45, 7) is 8.67. The Kier molecular flexibility index (Phi) is 4.95. The van der Waals surface area contributed by atoms with E-state index in [0.29, 0.717) is 12.2 Å². The fourth-order valence-electron chi connectivity index (χ4n) is 1.44. The van der Waals surface area contributed by atoms with Crippen molar-refractivity contribution in [3.63, 3.8) is 0 Å². The molecule has 0 aromatic heterocycles. The van der Waals surface area contributed by atoms with Gasteiger partial charge in [0.05, 0.1) is 5.69 Å². The number of hydrogen-bond acceptors (Lipinski definition) is 4. The number of nitrogens with two attached hydrogens (primary N) is 1. The summed E-state index contributed by atoms with van der Waals surface area (Å²) >= 11 is 0. The highest BCUT2D eigenvalue weighted by molar-refractivity contribution is 7.89. The van der Waals surface area contributed by atoms with E-state index in [1.54, 1.807) is 18.2 Å². The molecule has 19 heavy (non-hydrogen) atoms. The van der Waals surface area contributed by atoms with Crippen LogP contribution in [-0.4, -0.2) is 15.0 Å². The average Bonchev–Trinajstić information content (AvgIpc) is 2.34. The van der Waals surface area contributed by atoms with E-state index in [0.717, 1.165) is 0 Å². The van der Waals surface area contributed by atoms with Crippen LogP contribution in [-0.2, 0) is 10.0 Å². The Bertz CT molecular complexity index is 521. The Balaban J connectivity index is 2.88. The molecule has 0 saturated heterocycles. The fourth-order valence-corrected chi connectivity index (χ4v) is 2.74. The van der Waals surface area contributed by atoms with Gasteiger partial charge in [-0.1, -0.05) is 39.8 Å². The normalized spacial score (nSPS) is 14.2. The van der Waals surface area contributed by atoms with Crippen LogP contribution in [0.15, 0.2) is 29.2 Å². The standard InChI is InChI=1S/C13H23N3O2S/c1-10(13(2,3)4)9-15-19(17,18)12-8-6-5-7-11(12)16-14/h5-8,10,15-16H,9,14H2,1-4H3. The van der Waals surface area contributed by atoms with Gasteiger partial charge in [-0.3, -0.25) is 5.84 Å². The van der Waals surface area contributed by atoms with E-state index in [4.69, 9.17) is 5.84 Å². The number of hydrogen-bond donors (Lipinski definition) is 3. The van der Waals surface area contributed by atoms with Gasteiger partial charge in [0.25, 0.3) is 0 Å². The third kappa shape index (κ3) is 4.19. The van der Waals surface area contributed by atoms with Crippen molar-refractivity contribution in [1.29, 1.82) is 0 Å². The Morgan fingerprint density at radius 2 is 1.84 bits per heavy atom. The van der Waals surface area contributed by atoms with E-state index >= 15 is 0 Å². The van der Waals surface area contributed by atoms with Crippen LogP contribution in [0.1, 0.15) is 27.7 Å². The second-order valence-corrected chi connectivity index (χ2v) is 7.49. The zero-order valence-corrected chi connectivity index (χ0v) is 12.7. The molecule has 4 N–H and O–H groups in total. The number of rotatable bonds is 5. The Morgan fingerprint density at radius 3 is 2.37 bits per heavy atom. The van der Waals surface area contributed by atoms with E-state index in [2.05, 4.69) is 30.9 Å². The highest BCUT2D eigenvalue weighted by Gasteiger charge is 2.23. The van der Waals surface area contributed by atoms with Crippen molar-refractivity contribution in [3.8, 4) is 0 Å². The van der Waals surface area contributed by atoms with E-state index in [1.165, 1.54) is 6.07 Å². The molecule has 0 radical (unpaired) electrons. The molecule has 1 aromatic rings. The first-order valence-electron chi connectivity index (χ1n) is 6.24. The molecular formula is C13H23N3O2S. The van der Waals surface area contributed by atoms with Gasteiger partial charge in [0.1, 0.15) is 4.90 Å². The number of hydrazine groups is 1. The van der Waals surface area contributed by atoms with Crippen molar-refractivity contribution in [2.75, 3.05) is 12.0 Å². The lowest BCUT2D eigenvalue weighted by Gasteiger charge is -2.27. The van der Waals surface area contributed by atoms with Crippen molar-refractivity contribution >= 4 is 15.7 Å². The first-order chi connectivity index (χ1) is 8.68. The Labute approximate surface area is 115 Å². The maximum atomic E-state index is 12.2. The predicted octanol–water partition coefficient (Wildman–Crippen LogP) is 1.93. The van der Waals surface area contributed by atoms with E-state index in [-0.39, 0.29) is 16.2 Å². The molecule has 0 spiro atoms. The number of nitrogen functional groups attached to an aromatic ring is 1.